The van der Waals surface area contributed by atoms with Crippen LogP contribution >= 0.6 is 11.6 Å². The number of hydrogen-bond acceptors (Lipinski definition) is 4. The second-order valence-electron chi connectivity index (χ2n) is 8.56. The fourth-order valence-corrected chi connectivity index (χ4v) is 4.86. The maximum absolute atomic E-state index is 14.0. The molecule has 0 unspecified atom stereocenters. The van der Waals surface area contributed by atoms with E-state index < -0.39 is 47.7 Å². The number of β-amino-alcohol motifs (C(OH)–C–C–N with tert-alkyl or cyclic N) is 1. The summed E-state index contributed by atoms with van der Waals surface area (Å²) in [6, 6.07) is 10.9. The summed E-state index contributed by atoms with van der Waals surface area (Å²) in [5.74, 6) is -1.26. The van der Waals surface area contributed by atoms with Crippen LogP contribution in [0.5, 0.6) is 0 Å². The van der Waals surface area contributed by atoms with E-state index in [1.54, 1.807) is 0 Å². The van der Waals surface area contributed by atoms with Gasteiger partial charge in [0.1, 0.15) is 5.82 Å². The molecule has 2 aliphatic rings. The number of para-hydroxylation sites is 1. The van der Waals surface area contributed by atoms with Gasteiger partial charge >= 0.3 is 12.2 Å². The molecule has 0 radical (unpaired) electrons. The van der Waals surface area contributed by atoms with E-state index in [2.05, 4.69) is 10.6 Å². The van der Waals surface area contributed by atoms with Gasteiger partial charge in [-0.1, -0.05) is 29.8 Å². The van der Waals surface area contributed by atoms with Gasteiger partial charge in [0.05, 0.1) is 35.6 Å². The van der Waals surface area contributed by atoms with Crippen molar-refractivity contribution in [2.24, 2.45) is 0 Å². The molecule has 0 saturated heterocycles. The number of urea groups is 1. The fourth-order valence-electron chi connectivity index (χ4n) is 4.63. The van der Waals surface area contributed by atoms with E-state index in [4.69, 9.17) is 11.6 Å². The number of carbonyl (C=O) groups excluding carboxylic acids is 2. The Bertz CT molecular complexity index is 1520. The first-order valence-electron chi connectivity index (χ1n) is 10.8. The Morgan fingerprint density at radius 3 is 2.65 bits per heavy atom. The summed E-state index contributed by atoms with van der Waals surface area (Å²) < 4.78 is 55.4. The molecule has 3 N–H and O–H groups in total. The lowest BCUT2D eigenvalue weighted by molar-refractivity contribution is -0.258. The third-order valence-electron chi connectivity index (χ3n) is 6.37. The van der Waals surface area contributed by atoms with Gasteiger partial charge in [0.25, 0.3) is 5.91 Å². The van der Waals surface area contributed by atoms with E-state index in [1.165, 1.54) is 36.4 Å². The molecule has 0 bridgehead atoms. The van der Waals surface area contributed by atoms with E-state index in [1.807, 2.05) is 6.07 Å². The van der Waals surface area contributed by atoms with Crippen molar-refractivity contribution in [2.75, 3.05) is 16.8 Å². The minimum atomic E-state index is -5.07. The first-order chi connectivity index (χ1) is 17.4. The summed E-state index contributed by atoms with van der Waals surface area (Å²) in [4.78, 5) is 26.8. The van der Waals surface area contributed by atoms with Crippen molar-refractivity contribution < 1.29 is 32.3 Å². The number of nitriles is 1. The van der Waals surface area contributed by atoms with Crippen LogP contribution in [0.2, 0.25) is 5.02 Å². The van der Waals surface area contributed by atoms with Crippen molar-refractivity contribution in [3.63, 3.8) is 0 Å². The third-order valence-corrected chi connectivity index (χ3v) is 6.71. The number of halogens is 5. The van der Waals surface area contributed by atoms with Crippen molar-refractivity contribution in [1.82, 2.24) is 5.32 Å². The predicted molar refractivity (Wildman–Crippen MR) is 125 cm³/mol. The highest BCUT2D eigenvalue weighted by atomic mass is 35.5. The van der Waals surface area contributed by atoms with Gasteiger partial charge in [-0.25, -0.2) is 9.18 Å². The molecular formula is C25H15ClF4N4O3. The molecule has 5 rings (SSSR count). The number of rotatable bonds is 2. The maximum Gasteiger partial charge on any atom is 0.423 e. The smallest absolute Gasteiger partial charge is 0.375 e. The Hall–Kier alpha value is -4.14. The molecule has 3 amide bonds. The molecule has 188 valence electrons. The van der Waals surface area contributed by atoms with Gasteiger partial charge in [-0.2, -0.15) is 18.4 Å². The third kappa shape index (κ3) is 3.85. The number of amides is 3. The zero-order valence-electron chi connectivity index (χ0n) is 18.5. The highest BCUT2D eigenvalue weighted by Gasteiger charge is 2.61. The molecule has 12 heteroatoms. The fraction of sp³-hybridized carbons (Fsp3) is 0.160. The Balaban J connectivity index is 1.59. The van der Waals surface area contributed by atoms with Gasteiger partial charge in [0.2, 0.25) is 5.60 Å². The molecule has 2 heterocycles. The number of nitrogens with zero attached hydrogens (tertiary/aromatic N) is 2. The van der Waals surface area contributed by atoms with Gasteiger partial charge in [-0.05, 0) is 36.4 Å². The summed E-state index contributed by atoms with van der Waals surface area (Å²) in [7, 11) is 0. The molecule has 0 fully saturated rings. The quantitative estimate of drug-likeness (QED) is 0.406. The summed E-state index contributed by atoms with van der Waals surface area (Å²) in [6.45, 7) is -1.11. The second kappa shape index (κ2) is 8.47. The van der Waals surface area contributed by atoms with Crippen LogP contribution in [0.15, 0.2) is 54.6 Å². The summed E-state index contributed by atoms with van der Waals surface area (Å²) in [6.07, 6.45) is -5.07. The lowest BCUT2D eigenvalue weighted by Crippen LogP contribution is -2.48. The van der Waals surface area contributed by atoms with Crippen LogP contribution in [-0.2, 0) is 5.60 Å². The topological polar surface area (TPSA) is 105 Å². The molecule has 0 aliphatic carbocycles. The molecule has 0 aromatic heterocycles. The van der Waals surface area contributed by atoms with Crippen molar-refractivity contribution in [3.05, 3.63) is 93.3 Å². The average Bonchev–Trinajstić information content (AvgIpc) is 3.36. The van der Waals surface area contributed by atoms with Gasteiger partial charge in [0, 0.05) is 27.3 Å². The Morgan fingerprint density at radius 1 is 1.22 bits per heavy atom. The maximum atomic E-state index is 14.0. The monoisotopic (exact) mass is 530 g/mol. The number of hydrogen-bond donors (Lipinski definition) is 3. The van der Waals surface area contributed by atoms with Gasteiger partial charge in [0.15, 0.2) is 0 Å². The minimum Gasteiger partial charge on any atom is -0.375 e. The van der Waals surface area contributed by atoms with Crippen LogP contribution in [0.3, 0.4) is 0 Å². The lowest BCUT2D eigenvalue weighted by Gasteiger charge is -2.27. The van der Waals surface area contributed by atoms with Crippen LogP contribution in [0, 0.1) is 17.1 Å². The van der Waals surface area contributed by atoms with E-state index >= 15 is 0 Å². The number of benzene rings is 3. The second-order valence-corrected chi connectivity index (χ2v) is 8.97. The number of carbonyl (C=O) groups is 2. The van der Waals surface area contributed by atoms with Crippen LogP contribution in [0.1, 0.15) is 38.7 Å². The van der Waals surface area contributed by atoms with Gasteiger partial charge < -0.3 is 15.7 Å². The zero-order chi connectivity index (χ0) is 26.7. The number of alkyl halides is 3. The zero-order valence-corrected chi connectivity index (χ0v) is 19.3. The normalized spacial score (nSPS) is 20.2. The standard InChI is InChI=1S/C25H15ClF4N4O3/c26-17-6-5-13(27)9-14(17)21-20-15(22(35)33-21)7-12(10-31)8-18(20)32-23(36)34-11-24(37,25(28,29)30)16-3-1-2-4-19(16)34/h1-9,21,37H,11H2,(H,32,36)(H,33,35)/t21-,24-/m0/s1. The number of aliphatic hydroxyl groups is 1. The summed E-state index contributed by atoms with van der Waals surface area (Å²) in [5, 5.41) is 25.2. The lowest BCUT2D eigenvalue weighted by atomic mass is 9.94. The van der Waals surface area contributed by atoms with Gasteiger partial charge in [-0.3, -0.25) is 9.69 Å². The van der Waals surface area contributed by atoms with E-state index in [-0.39, 0.29) is 38.7 Å². The van der Waals surface area contributed by atoms with Crippen molar-refractivity contribution in [1.29, 1.82) is 5.26 Å². The number of fused-ring (bicyclic) bond motifs is 2. The highest BCUT2D eigenvalue weighted by molar-refractivity contribution is 6.31. The largest absolute Gasteiger partial charge is 0.423 e. The molecule has 37 heavy (non-hydrogen) atoms. The summed E-state index contributed by atoms with van der Waals surface area (Å²) >= 11 is 6.24. The minimum absolute atomic E-state index is 0.00768. The van der Waals surface area contributed by atoms with Gasteiger partial charge in [-0.15, -0.1) is 0 Å². The Morgan fingerprint density at radius 2 is 1.95 bits per heavy atom. The molecule has 2 atom stereocenters. The molecule has 2 aliphatic heterocycles. The molecule has 7 nitrogen and oxygen atoms in total. The summed E-state index contributed by atoms with van der Waals surface area (Å²) in [5.41, 5.74) is -3.69. The Labute approximate surface area is 211 Å². The predicted octanol–water partition coefficient (Wildman–Crippen LogP) is 4.99. The van der Waals surface area contributed by atoms with E-state index in [0.29, 0.717) is 0 Å². The molecule has 3 aromatic rings. The first kappa shape index (κ1) is 24.5. The van der Waals surface area contributed by atoms with Crippen molar-refractivity contribution >= 4 is 34.9 Å². The molecular weight excluding hydrogens is 516 g/mol. The highest BCUT2D eigenvalue weighted by Crippen LogP contribution is 2.49. The van der Waals surface area contributed by atoms with E-state index in [9.17, 15) is 37.5 Å². The molecule has 0 saturated carbocycles. The SMILES string of the molecule is N#Cc1cc(NC(=O)N2C[C@@](O)(C(F)(F)F)c3ccccc32)c2c(c1)C(=O)N[C@H]2c1cc(F)ccc1Cl. The molecule has 3 aromatic carbocycles. The first-order valence-corrected chi connectivity index (χ1v) is 11.1. The van der Waals surface area contributed by atoms with E-state index in [0.717, 1.165) is 23.1 Å². The number of anilines is 2. The van der Waals surface area contributed by atoms with Crippen LogP contribution in [0.4, 0.5) is 33.7 Å². The van der Waals surface area contributed by atoms with Crippen LogP contribution in [-0.4, -0.2) is 29.8 Å². The number of nitrogens with one attached hydrogen (secondary N) is 2. The average molecular weight is 531 g/mol. The van der Waals surface area contributed by atoms with Crippen LogP contribution < -0.4 is 15.5 Å². The Kier molecular flexibility index (Phi) is 5.62. The van der Waals surface area contributed by atoms with Crippen molar-refractivity contribution in [2.45, 2.75) is 17.8 Å². The van der Waals surface area contributed by atoms with Crippen LogP contribution in [0.25, 0.3) is 0 Å². The molecule has 0 spiro atoms. The van der Waals surface area contributed by atoms with Crippen molar-refractivity contribution in [3.8, 4) is 6.07 Å².